The minimum absolute atomic E-state index is 0. The van der Waals surface area contributed by atoms with Crippen molar-refractivity contribution in [1.29, 1.82) is 0 Å². The van der Waals surface area contributed by atoms with Gasteiger partial charge in [-0.15, -0.1) is 0 Å². The summed E-state index contributed by atoms with van der Waals surface area (Å²) in [7, 11) is 2.02. The molecule has 0 radical (unpaired) electrons. The number of pyridine rings is 1. The molecule has 2 nitrogen and oxygen atoms in total. The van der Waals surface area contributed by atoms with Crippen molar-refractivity contribution in [3.63, 3.8) is 0 Å². The second-order valence-electron chi connectivity index (χ2n) is 2.90. The second kappa shape index (κ2) is 3.62. The van der Waals surface area contributed by atoms with Crippen molar-refractivity contribution in [1.82, 2.24) is 0 Å². The number of hydrogen-bond donors (Lipinski definition) is 1. The first-order chi connectivity index (χ1) is 5.79. The zero-order valence-electron chi connectivity index (χ0n) is 7.37. The minimum atomic E-state index is 0. The molecule has 2 N–H and O–H groups in total. The van der Waals surface area contributed by atoms with E-state index in [-0.39, 0.29) is 12.4 Å². The maximum Gasteiger partial charge on any atom is 0.214 e. The van der Waals surface area contributed by atoms with E-state index in [1.807, 2.05) is 37.5 Å². The number of nitrogen functional groups attached to an aromatic ring is 1. The van der Waals surface area contributed by atoms with E-state index in [9.17, 15) is 0 Å². The number of hydrogen-bond acceptors (Lipinski definition) is 1. The molecule has 0 aliphatic carbocycles. The topological polar surface area (TPSA) is 29.9 Å². The van der Waals surface area contributed by atoms with Crippen LogP contribution in [0.1, 0.15) is 0 Å². The summed E-state index contributed by atoms with van der Waals surface area (Å²) in [6.07, 6.45) is 2.02. The molecule has 68 valence electrons. The van der Waals surface area contributed by atoms with Gasteiger partial charge in [0.05, 0.1) is 5.39 Å². The Kier molecular flexibility index (Phi) is 2.73. The number of nitrogens with two attached hydrogens (primary N) is 1. The molecule has 1 aromatic heterocycles. The van der Waals surface area contributed by atoms with Gasteiger partial charge in [-0.1, -0.05) is 6.07 Å². The van der Waals surface area contributed by atoms with Crippen LogP contribution in [0.15, 0.2) is 36.5 Å². The number of aryl methyl sites for hydroxylation is 1. The van der Waals surface area contributed by atoms with Gasteiger partial charge in [0.25, 0.3) is 0 Å². The zero-order chi connectivity index (χ0) is 8.55. The molecule has 13 heavy (non-hydrogen) atoms. The van der Waals surface area contributed by atoms with Gasteiger partial charge >= 0.3 is 0 Å². The first kappa shape index (κ1) is 9.81. The molecule has 0 bridgehead atoms. The Morgan fingerprint density at radius 1 is 1.15 bits per heavy atom. The number of rotatable bonds is 0. The largest absolute Gasteiger partial charge is 1.00 e. The van der Waals surface area contributed by atoms with Gasteiger partial charge in [0.1, 0.15) is 7.05 Å². The molecular formula is C10H11ClN2. The highest BCUT2D eigenvalue weighted by Crippen LogP contribution is 2.16. The lowest BCUT2D eigenvalue weighted by molar-refractivity contribution is -0.644. The van der Waals surface area contributed by atoms with Crippen LogP contribution in [-0.4, -0.2) is 0 Å². The Morgan fingerprint density at radius 3 is 2.62 bits per heavy atom. The summed E-state index contributed by atoms with van der Waals surface area (Å²) < 4.78 is 2.06. The third-order valence-electron chi connectivity index (χ3n) is 2.07. The van der Waals surface area contributed by atoms with Crippen molar-refractivity contribution in [2.24, 2.45) is 7.05 Å². The van der Waals surface area contributed by atoms with Crippen LogP contribution in [-0.2, 0) is 7.05 Å². The molecule has 2 rings (SSSR count). The maximum atomic E-state index is 5.81. The average molecular weight is 195 g/mol. The smallest absolute Gasteiger partial charge is 0.214 e. The van der Waals surface area contributed by atoms with Gasteiger partial charge in [-0.3, -0.25) is 0 Å². The van der Waals surface area contributed by atoms with Crippen molar-refractivity contribution in [3.8, 4) is 0 Å². The lowest BCUT2D eigenvalue weighted by atomic mass is 10.2. The van der Waals surface area contributed by atoms with Gasteiger partial charge in [-0.25, -0.2) is 4.57 Å². The van der Waals surface area contributed by atoms with E-state index >= 15 is 0 Å². The normalized spacial score (nSPS) is 9.62. The van der Waals surface area contributed by atoms with Crippen LogP contribution < -0.4 is 22.7 Å². The highest BCUT2D eigenvalue weighted by atomic mass is 35.5. The molecule has 0 spiro atoms. The summed E-state index contributed by atoms with van der Waals surface area (Å²) in [5.74, 6) is 0. The first-order valence-corrected chi connectivity index (χ1v) is 3.92. The van der Waals surface area contributed by atoms with Gasteiger partial charge in [0.15, 0.2) is 6.20 Å². The third-order valence-corrected chi connectivity index (χ3v) is 2.07. The maximum absolute atomic E-state index is 5.81. The van der Waals surface area contributed by atoms with Gasteiger partial charge < -0.3 is 18.1 Å². The Morgan fingerprint density at radius 2 is 1.92 bits per heavy atom. The van der Waals surface area contributed by atoms with E-state index in [1.54, 1.807) is 0 Å². The molecule has 1 heterocycles. The third kappa shape index (κ3) is 1.58. The van der Waals surface area contributed by atoms with Crippen LogP contribution in [0, 0.1) is 0 Å². The number of nitrogens with zero attached hydrogens (tertiary/aromatic N) is 1. The van der Waals surface area contributed by atoms with E-state index in [4.69, 9.17) is 5.73 Å². The van der Waals surface area contributed by atoms with Crippen LogP contribution in [0.4, 0.5) is 5.69 Å². The molecular weight excluding hydrogens is 184 g/mol. The van der Waals surface area contributed by atoms with E-state index in [0.29, 0.717) is 0 Å². The monoisotopic (exact) mass is 194 g/mol. The molecule has 1 aromatic carbocycles. The van der Waals surface area contributed by atoms with Crippen molar-refractivity contribution in [3.05, 3.63) is 36.5 Å². The van der Waals surface area contributed by atoms with E-state index in [2.05, 4.69) is 10.6 Å². The summed E-state index contributed by atoms with van der Waals surface area (Å²) >= 11 is 0. The predicted molar refractivity (Wildman–Crippen MR) is 49.5 cm³/mol. The highest BCUT2D eigenvalue weighted by molar-refractivity contribution is 5.87. The quantitative estimate of drug-likeness (QED) is 0.391. The summed E-state index contributed by atoms with van der Waals surface area (Å²) in [4.78, 5) is 0. The Labute approximate surface area is 83.4 Å². The van der Waals surface area contributed by atoms with Crippen molar-refractivity contribution >= 4 is 16.6 Å². The molecule has 0 atom stereocenters. The molecule has 0 saturated carbocycles. The van der Waals surface area contributed by atoms with Crippen LogP contribution >= 0.6 is 0 Å². The fraction of sp³-hybridized carbons (Fsp3) is 0.100. The molecule has 2 aromatic rings. The SMILES string of the molecule is C[n+]1cccc2c(N)cccc21.[Cl-]. The molecule has 0 amide bonds. The standard InChI is InChI=1S/C10H10N2.ClH/c1-12-7-3-4-8-9(11)5-2-6-10(8)12;/h2-7,11H,1H3;1H. The highest BCUT2D eigenvalue weighted by Gasteiger charge is 2.04. The minimum Gasteiger partial charge on any atom is -1.00 e. The number of anilines is 1. The summed E-state index contributed by atoms with van der Waals surface area (Å²) in [5.41, 5.74) is 7.81. The lowest BCUT2D eigenvalue weighted by Crippen LogP contribution is -3.00. The van der Waals surface area contributed by atoms with Crippen LogP contribution in [0.3, 0.4) is 0 Å². The second-order valence-corrected chi connectivity index (χ2v) is 2.90. The molecule has 0 unspecified atom stereocenters. The summed E-state index contributed by atoms with van der Waals surface area (Å²) in [6.45, 7) is 0. The fourth-order valence-electron chi connectivity index (χ4n) is 1.41. The fourth-order valence-corrected chi connectivity index (χ4v) is 1.41. The lowest BCUT2D eigenvalue weighted by Gasteiger charge is -1.98. The molecule has 0 aliphatic heterocycles. The van der Waals surface area contributed by atoms with E-state index in [1.165, 1.54) is 0 Å². The number of fused-ring (bicyclic) bond motifs is 1. The summed E-state index contributed by atoms with van der Waals surface area (Å²) in [5, 5.41) is 1.11. The van der Waals surface area contributed by atoms with Gasteiger partial charge in [-0.2, -0.15) is 0 Å². The first-order valence-electron chi connectivity index (χ1n) is 3.92. The molecule has 3 heteroatoms. The molecule has 0 fully saturated rings. The Bertz CT molecular complexity index is 385. The van der Waals surface area contributed by atoms with Gasteiger partial charge in [-0.05, 0) is 12.1 Å². The number of halogens is 1. The van der Waals surface area contributed by atoms with E-state index < -0.39 is 0 Å². The summed E-state index contributed by atoms with van der Waals surface area (Å²) in [6, 6.07) is 9.98. The molecule has 0 aliphatic rings. The van der Waals surface area contributed by atoms with Crippen molar-refractivity contribution in [2.45, 2.75) is 0 Å². The number of benzene rings is 1. The zero-order valence-corrected chi connectivity index (χ0v) is 8.12. The van der Waals surface area contributed by atoms with Gasteiger partial charge in [0.2, 0.25) is 5.52 Å². The van der Waals surface area contributed by atoms with Crippen LogP contribution in [0.25, 0.3) is 10.9 Å². The average Bonchev–Trinajstić information content (AvgIpc) is 2.07. The number of aromatic nitrogens is 1. The molecule has 0 saturated heterocycles. The van der Waals surface area contributed by atoms with Crippen molar-refractivity contribution in [2.75, 3.05) is 5.73 Å². The Balaban J connectivity index is 0.000000845. The Hall–Kier alpha value is -1.28. The predicted octanol–water partition coefficient (Wildman–Crippen LogP) is -1.75. The van der Waals surface area contributed by atoms with E-state index in [0.717, 1.165) is 16.6 Å². The van der Waals surface area contributed by atoms with Crippen LogP contribution in [0.2, 0.25) is 0 Å². The van der Waals surface area contributed by atoms with Crippen molar-refractivity contribution < 1.29 is 17.0 Å². The van der Waals surface area contributed by atoms with Crippen LogP contribution in [0.5, 0.6) is 0 Å². The van der Waals surface area contributed by atoms with Gasteiger partial charge in [0, 0.05) is 17.8 Å².